The van der Waals surface area contributed by atoms with Crippen molar-refractivity contribution in [3.05, 3.63) is 53.8 Å². The van der Waals surface area contributed by atoms with Gasteiger partial charge in [-0.2, -0.15) is 4.72 Å². The summed E-state index contributed by atoms with van der Waals surface area (Å²) in [5, 5.41) is 0. The number of hydrogen-bond acceptors (Lipinski definition) is 6. The summed E-state index contributed by atoms with van der Waals surface area (Å²) in [7, 11) is -0.0902. The number of carbonyl (C=O) groups excluding carboxylic acids is 1. The summed E-state index contributed by atoms with van der Waals surface area (Å²) in [6.45, 7) is 0. The quantitative estimate of drug-likeness (QED) is 0.685. The maximum absolute atomic E-state index is 13.0. The number of ether oxygens (including phenoxy) is 3. The third-order valence-corrected chi connectivity index (χ3v) is 5.27. The molecule has 2 rings (SSSR count). The van der Waals surface area contributed by atoms with E-state index in [1.165, 1.54) is 56.7 Å². The van der Waals surface area contributed by atoms with Crippen molar-refractivity contribution in [2.24, 2.45) is 0 Å². The van der Waals surface area contributed by atoms with E-state index in [1.807, 2.05) is 0 Å². The van der Waals surface area contributed by atoms with Crippen LogP contribution in [0.25, 0.3) is 0 Å². The van der Waals surface area contributed by atoms with Crippen LogP contribution in [0.3, 0.4) is 0 Å². The van der Waals surface area contributed by atoms with Crippen molar-refractivity contribution in [2.75, 3.05) is 21.3 Å². The zero-order chi connectivity index (χ0) is 20.0. The third-order valence-electron chi connectivity index (χ3n) is 3.80. The van der Waals surface area contributed by atoms with Crippen LogP contribution in [0.2, 0.25) is 0 Å². The molecule has 0 heterocycles. The molecule has 0 saturated heterocycles. The van der Waals surface area contributed by atoms with E-state index in [4.69, 9.17) is 9.47 Å². The fourth-order valence-corrected chi connectivity index (χ4v) is 3.61. The van der Waals surface area contributed by atoms with Gasteiger partial charge in [-0.3, -0.25) is 4.79 Å². The number of halogens is 1. The highest BCUT2D eigenvalue weighted by Crippen LogP contribution is 2.29. The lowest BCUT2D eigenvalue weighted by Gasteiger charge is -2.17. The Balaban J connectivity index is 2.29. The van der Waals surface area contributed by atoms with E-state index in [-0.39, 0.29) is 17.1 Å². The lowest BCUT2D eigenvalue weighted by Crippen LogP contribution is -2.43. The Kier molecular flexibility index (Phi) is 6.75. The van der Waals surface area contributed by atoms with Gasteiger partial charge in [-0.1, -0.05) is 12.1 Å². The number of nitrogens with one attached hydrogen (secondary N) is 1. The number of hydrogen-bond donors (Lipinski definition) is 1. The molecule has 1 unspecified atom stereocenters. The van der Waals surface area contributed by atoms with Gasteiger partial charge in [-0.15, -0.1) is 0 Å². The molecule has 146 valence electrons. The molecule has 0 aliphatic carbocycles. The molecule has 1 N–H and O–H groups in total. The van der Waals surface area contributed by atoms with Crippen LogP contribution in [0.15, 0.2) is 47.4 Å². The molecule has 0 fully saturated rings. The van der Waals surface area contributed by atoms with Crippen LogP contribution in [0.5, 0.6) is 11.5 Å². The molecule has 7 nitrogen and oxygen atoms in total. The van der Waals surface area contributed by atoms with E-state index in [1.54, 1.807) is 0 Å². The maximum atomic E-state index is 13.0. The van der Waals surface area contributed by atoms with Crippen LogP contribution in [0.4, 0.5) is 4.39 Å². The Bertz CT molecular complexity index is 899. The predicted molar refractivity (Wildman–Crippen MR) is 95.8 cm³/mol. The topological polar surface area (TPSA) is 90.9 Å². The number of sulfonamides is 1. The van der Waals surface area contributed by atoms with Crippen molar-refractivity contribution in [3.8, 4) is 11.5 Å². The van der Waals surface area contributed by atoms with Gasteiger partial charge < -0.3 is 14.2 Å². The second-order valence-electron chi connectivity index (χ2n) is 5.54. The van der Waals surface area contributed by atoms with Crippen molar-refractivity contribution in [1.82, 2.24) is 4.72 Å². The molecule has 0 bridgehead atoms. The summed E-state index contributed by atoms with van der Waals surface area (Å²) >= 11 is 0. The van der Waals surface area contributed by atoms with Crippen molar-refractivity contribution < 1.29 is 31.8 Å². The monoisotopic (exact) mass is 397 g/mol. The van der Waals surface area contributed by atoms with Gasteiger partial charge in [0.05, 0.1) is 26.2 Å². The van der Waals surface area contributed by atoms with Crippen LogP contribution in [0, 0.1) is 5.82 Å². The standard InChI is InChI=1S/C18H20FNO6S/c1-24-16-9-8-14(11-17(16)25-2)27(22,23)20-15(18(21)26-3)10-12-4-6-13(19)7-5-12/h4-9,11,15,20H,10H2,1-3H3. The highest BCUT2D eigenvalue weighted by molar-refractivity contribution is 7.89. The van der Waals surface area contributed by atoms with E-state index in [9.17, 15) is 17.6 Å². The molecule has 1 atom stereocenters. The molecule has 2 aromatic rings. The number of benzene rings is 2. The maximum Gasteiger partial charge on any atom is 0.324 e. The summed E-state index contributed by atoms with van der Waals surface area (Å²) in [5.74, 6) is -0.594. The highest BCUT2D eigenvalue weighted by Gasteiger charge is 2.27. The largest absolute Gasteiger partial charge is 0.493 e. The molecule has 0 radical (unpaired) electrons. The minimum atomic E-state index is -4.06. The number of esters is 1. The molecule has 0 amide bonds. The first-order valence-electron chi connectivity index (χ1n) is 7.87. The molecule has 0 aliphatic rings. The SMILES string of the molecule is COC(=O)C(Cc1ccc(F)cc1)NS(=O)(=O)c1ccc(OC)c(OC)c1. The average molecular weight is 397 g/mol. The summed E-state index contributed by atoms with van der Waals surface area (Å²) in [6.07, 6.45) is -0.000523. The number of carbonyl (C=O) groups is 1. The lowest BCUT2D eigenvalue weighted by atomic mass is 10.1. The summed E-state index contributed by atoms with van der Waals surface area (Å²) in [6, 6.07) is 8.27. The van der Waals surface area contributed by atoms with E-state index in [0.717, 1.165) is 7.11 Å². The van der Waals surface area contributed by atoms with Gasteiger partial charge in [0.1, 0.15) is 11.9 Å². The van der Waals surface area contributed by atoms with Gasteiger partial charge in [-0.25, -0.2) is 12.8 Å². The fraction of sp³-hybridized carbons (Fsp3) is 0.278. The zero-order valence-corrected chi connectivity index (χ0v) is 15.9. The highest BCUT2D eigenvalue weighted by atomic mass is 32.2. The molecule has 0 aliphatic heterocycles. The molecular weight excluding hydrogens is 377 g/mol. The smallest absolute Gasteiger partial charge is 0.324 e. The van der Waals surface area contributed by atoms with Gasteiger partial charge in [0.25, 0.3) is 0 Å². The molecule has 0 saturated carbocycles. The van der Waals surface area contributed by atoms with Crippen LogP contribution in [-0.2, 0) is 26.0 Å². The molecule has 2 aromatic carbocycles. The lowest BCUT2D eigenvalue weighted by molar-refractivity contribution is -0.142. The van der Waals surface area contributed by atoms with Gasteiger partial charge in [-0.05, 0) is 36.2 Å². The summed E-state index contributed by atoms with van der Waals surface area (Å²) in [4.78, 5) is 11.9. The number of rotatable bonds is 8. The molecule has 9 heteroatoms. The van der Waals surface area contributed by atoms with E-state index in [2.05, 4.69) is 9.46 Å². The first-order chi connectivity index (χ1) is 12.8. The fourth-order valence-electron chi connectivity index (χ4n) is 2.41. The van der Waals surface area contributed by atoms with Crippen molar-refractivity contribution >= 4 is 16.0 Å². The summed E-state index contributed by atoms with van der Waals surface area (Å²) in [5.41, 5.74) is 0.571. The van der Waals surface area contributed by atoms with Crippen molar-refractivity contribution in [2.45, 2.75) is 17.4 Å². The van der Waals surface area contributed by atoms with Crippen LogP contribution in [-0.4, -0.2) is 41.8 Å². The number of methoxy groups -OCH3 is 3. The minimum absolute atomic E-state index is 0.000523. The Hall–Kier alpha value is -2.65. The second kappa shape index (κ2) is 8.83. The summed E-state index contributed by atoms with van der Waals surface area (Å²) < 4.78 is 55.6. The molecule has 0 aromatic heterocycles. The molecule has 27 heavy (non-hydrogen) atoms. The van der Waals surface area contributed by atoms with E-state index in [0.29, 0.717) is 11.3 Å². The van der Waals surface area contributed by atoms with Gasteiger partial charge in [0.15, 0.2) is 11.5 Å². The van der Waals surface area contributed by atoms with E-state index >= 15 is 0 Å². The van der Waals surface area contributed by atoms with Crippen LogP contribution >= 0.6 is 0 Å². The first kappa shape index (κ1) is 20.7. The van der Waals surface area contributed by atoms with Crippen molar-refractivity contribution in [3.63, 3.8) is 0 Å². The Morgan fingerprint density at radius 3 is 2.22 bits per heavy atom. The van der Waals surface area contributed by atoms with Crippen LogP contribution in [0.1, 0.15) is 5.56 Å². The van der Waals surface area contributed by atoms with Crippen molar-refractivity contribution in [1.29, 1.82) is 0 Å². The Morgan fingerprint density at radius 2 is 1.67 bits per heavy atom. The van der Waals surface area contributed by atoms with E-state index < -0.39 is 27.9 Å². The first-order valence-corrected chi connectivity index (χ1v) is 9.35. The Labute approximate surface area is 157 Å². The Morgan fingerprint density at radius 1 is 1.04 bits per heavy atom. The predicted octanol–water partition coefficient (Wildman–Crippen LogP) is 1.91. The molecular formula is C18H20FNO6S. The van der Waals surface area contributed by atoms with Gasteiger partial charge >= 0.3 is 5.97 Å². The average Bonchev–Trinajstić information content (AvgIpc) is 2.67. The van der Waals surface area contributed by atoms with Gasteiger partial charge in [0.2, 0.25) is 10.0 Å². The van der Waals surface area contributed by atoms with Crippen LogP contribution < -0.4 is 14.2 Å². The third kappa shape index (κ3) is 5.18. The normalized spacial score (nSPS) is 12.3. The molecule has 0 spiro atoms. The zero-order valence-electron chi connectivity index (χ0n) is 15.1. The second-order valence-corrected chi connectivity index (χ2v) is 7.26. The van der Waals surface area contributed by atoms with Gasteiger partial charge in [0, 0.05) is 6.07 Å². The minimum Gasteiger partial charge on any atom is -0.493 e.